The number of phenolic OH excluding ortho intramolecular Hbond substituents is 1. The molecule has 1 N–H and O–H groups in total. The Labute approximate surface area is 196 Å². The molecule has 0 spiro atoms. The number of benzene rings is 1. The van der Waals surface area contributed by atoms with Crippen molar-refractivity contribution >= 4 is 17.2 Å². The topological polar surface area (TPSA) is 98.8 Å². The normalized spacial score (nSPS) is 28.5. The van der Waals surface area contributed by atoms with Gasteiger partial charge in [0.25, 0.3) is 0 Å². The van der Waals surface area contributed by atoms with E-state index >= 15 is 4.39 Å². The van der Waals surface area contributed by atoms with Crippen molar-refractivity contribution in [2.45, 2.75) is 51.7 Å². The summed E-state index contributed by atoms with van der Waals surface area (Å²) in [5.41, 5.74) is 1.08. The van der Waals surface area contributed by atoms with Crippen LogP contribution in [-0.2, 0) is 0 Å². The number of fused-ring (bicyclic) bond motifs is 2. The Hall–Kier alpha value is -3.12. The number of thiazole rings is 1. The molecule has 7 nitrogen and oxygen atoms in total. The van der Waals surface area contributed by atoms with Gasteiger partial charge in [-0.3, -0.25) is 0 Å². The first-order chi connectivity index (χ1) is 15.7. The molecule has 0 unspecified atom stereocenters. The van der Waals surface area contributed by atoms with Gasteiger partial charge in [0, 0.05) is 18.7 Å². The van der Waals surface area contributed by atoms with Gasteiger partial charge in [-0.05, 0) is 48.8 Å². The summed E-state index contributed by atoms with van der Waals surface area (Å²) in [6.07, 6.45) is 5.98. The van der Waals surface area contributed by atoms with Gasteiger partial charge in [0.15, 0.2) is 16.6 Å². The molecule has 0 amide bonds. The quantitative estimate of drug-likeness (QED) is 0.581. The second-order valence-corrected chi connectivity index (χ2v) is 11.0. The van der Waals surface area contributed by atoms with Crippen LogP contribution in [0, 0.1) is 22.2 Å². The lowest BCUT2D eigenvalue weighted by atomic mass is 9.67. The molecule has 2 aliphatic carbocycles. The van der Waals surface area contributed by atoms with Gasteiger partial charge >= 0.3 is 0 Å². The number of nitrogens with zero attached hydrogens (tertiary/aromatic N) is 6. The maximum absolute atomic E-state index is 15.5. The predicted molar refractivity (Wildman–Crippen MR) is 125 cm³/mol. The van der Waals surface area contributed by atoms with Gasteiger partial charge in [-0.25, -0.2) is 14.4 Å². The third-order valence-electron chi connectivity index (χ3n) is 7.37. The highest BCUT2D eigenvalue weighted by Gasteiger charge is 2.56. The number of halogens is 1. The third kappa shape index (κ3) is 3.72. The highest BCUT2D eigenvalue weighted by molar-refractivity contribution is 7.15. The molecule has 5 rings (SSSR count). The van der Waals surface area contributed by atoms with Crippen molar-refractivity contribution in [1.82, 2.24) is 20.2 Å². The van der Waals surface area contributed by atoms with Crippen LogP contribution in [0.1, 0.15) is 44.5 Å². The summed E-state index contributed by atoms with van der Waals surface area (Å²) in [4.78, 5) is 11.1. The number of hydrogen-bond acceptors (Lipinski definition) is 8. The Morgan fingerprint density at radius 2 is 2.03 bits per heavy atom. The van der Waals surface area contributed by atoms with E-state index in [1.165, 1.54) is 11.3 Å². The van der Waals surface area contributed by atoms with Crippen molar-refractivity contribution in [3.8, 4) is 33.6 Å². The van der Waals surface area contributed by atoms with Crippen LogP contribution in [0.4, 0.5) is 10.2 Å². The second-order valence-electron chi connectivity index (χ2n) is 9.94. The first kappa shape index (κ1) is 21.7. The Balaban J connectivity index is 1.37. The summed E-state index contributed by atoms with van der Waals surface area (Å²) in [5, 5.41) is 28.4. The number of phenols is 1. The van der Waals surface area contributed by atoms with Crippen molar-refractivity contribution in [3.05, 3.63) is 35.6 Å². The zero-order chi connectivity index (χ0) is 23.4. The molecule has 9 heteroatoms. The van der Waals surface area contributed by atoms with Crippen LogP contribution in [0.15, 0.2) is 30.6 Å². The van der Waals surface area contributed by atoms with E-state index in [1.807, 2.05) is 24.1 Å². The molecule has 2 heterocycles. The predicted octanol–water partition coefficient (Wildman–Crippen LogP) is 4.98. The lowest BCUT2D eigenvalue weighted by molar-refractivity contribution is 0.0380. The van der Waals surface area contributed by atoms with Crippen molar-refractivity contribution in [1.29, 1.82) is 5.26 Å². The molecule has 0 saturated heterocycles. The first-order valence-corrected chi connectivity index (χ1v) is 11.8. The Morgan fingerprint density at radius 3 is 2.70 bits per heavy atom. The first-order valence-electron chi connectivity index (χ1n) is 11.0. The summed E-state index contributed by atoms with van der Waals surface area (Å²) < 4.78 is 15.5. The van der Waals surface area contributed by atoms with Crippen molar-refractivity contribution in [2.24, 2.45) is 10.8 Å². The number of rotatable bonds is 4. The molecule has 0 aliphatic heterocycles. The number of anilines is 1. The molecule has 2 bridgehead atoms. The fourth-order valence-electron chi connectivity index (χ4n) is 5.61. The number of alkyl halides is 1. The molecule has 0 radical (unpaired) electrons. The van der Waals surface area contributed by atoms with Crippen LogP contribution < -0.4 is 4.90 Å². The van der Waals surface area contributed by atoms with Gasteiger partial charge < -0.3 is 10.0 Å². The molecule has 2 aliphatic rings. The summed E-state index contributed by atoms with van der Waals surface area (Å²) in [6, 6.07) is 6.88. The molecule has 3 aromatic rings. The zero-order valence-electron chi connectivity index (χ0n) is 18.8. The van der Waals surface area contributed by atoms with Crippen molar-refractivity contribution in [3.63, 3.8) is 0 Å². The van der Waals surface area contributed by atoms with Crippen LogP contribution in [0.3, 0.4) is 0 Å². The SMILES string of the molecule is CN(c1cnc(-c2ccc(-c3cnc(C#N)s3)cc2O)nn1)[C@H]1C[C@]2(C)CC[C@@](C)(C2)[C@H]1F. The molecule has 2 saturated carbocycles. The summed E-state index contributed by atoms with van der Waals surface area (Å²) in [7, 11) is 1.86. The Morgan fingerprint density at radius 1 is 1.21 bits per heavy atom. The minimum absolute atomic E-state index is 0.0100. The lowest BCUT2D eigenvalue weighted by Gasteiger charge is -2.46. The van der Waals surface area contributed by atoms with E-state index in [1.54, 1.807) is 24.5 Å². The summed E-state index contributed by atoms with van der Waals surface area (Å²) in [5.74, 6) is 0.818. The van der Waals surface area contributed by atoms with E-state index in [9.17, 15) is 5.11 Å². The minimum atomic E-state index is -0.926. The van der Waals surface area contributed by atoms with E-state index in [0.717, 1.165) is 36.1 Å². The van der Waals surface area contributed by atoms with Crippen LogP contribution in [0.25, 0.3) is 21.8 Å². The molecule has 2 aromatic heterocycles. The van der Waals surface area contributed by atoms with Crippen LogP contribution in [0.5, 0.6) is 5.75 Å². The highest BCUT2D eigenvalue weighted by Crippen LogP contribution is 2.59. The van der Waals surface area contributed by atoms with E-state index < -0.39 is 6.17 Å². The number of hydrogen-bond donors (Lipinski definition) is 1. The molecule has 4 atom stereocenters. The van der Waals surface area contributed by atoms with Gasteiger partial charge in [0.05, 0.1) is 22.7 Å². The number of aromatic hydroxyl groups is 1. The van der Waals surface area contributed by atoms with Crippen molar-refractivity contribution in [2.75, 3.05) is 11.9 Å². The van der Waals surface area contributed by atoms with E-state index in [0.29, 0.717) is 16.4 Å². The standard InChI is InChI=1S/C24H25FN6OS/c1-23-6-7-24(2,13-23)21(25)16(9-23)31(3)19-12-28-22(30-29-19)15-5-4-14(8-17(15)32)18-11-27-20(10-26)33-18/h4-5,8,11-12,16,21,32H,6-7,9,13H2,1-3H3/t16-,21-,23-,24-/m0/s1. The van der Waals surface area contributed by atoms with E-state index in [4.69, 9.17) is 5.26 Å². The molecular formula is C24H25FN6OS. The van der Waals surface area contributed by atoms with Gasteiger partial charge in [-0.1, -0.05) is 19.9 Å². The van der Waals surface area contributed by atoms with Crippen LogP contribution in [0.2, 0.25) is 0 Å². The van der Waals surface area contributed by atoms with E-state index in [2.05, 4.69) is 34.0 Å². The lowest BCUT2D eigenvalue weighted by Crippen LogP contribution is -2.52. The molecule has 1 aromatic carbocycles. The monoisotopic (exact) mass is 464 g/mol. The van der Waals surface area contributed by atoms with Gasteiger partial charge in [-0.2, -0.15) is 5.26 Å². The summed E-state index contributed by atoms with van der Waals surface area (Å²) >= 11 is 1.26. The highest BCUT2D eigenvalue weighted by atomic mass is 32.1. The minimum Gasteiger partial charge on any atom is -0.507 e. The van der Waals surface area contributed by atoms with Crippen LogP contribution in [-0.4, -0.2) is 44.5 Å². The van der Waals surface area contributed by atoms with Crippen molar-refractivity contribution < 1.29 is 9.50 Å². The fourth-order valence-corrected chi connectivity index (χ4v) is 6.32. The average molecular weight is 465 g/mol. The van der Waals surface area contributed by atoms with E-state index in [-0.39, 0.29) is 28.4 Å². The maximum atomic E-state index is 15.5. The van der Waals surface area contributed by atoms with Gasteiger partial charge in [0.1, 0.15) is 18.0 Å². The Bertz CT molecular complexity index is 1240. The second kappa shape index (κ2) is 7.73. The maximum Gasteiger partial charge on any atom is 0.194 e. The smallest absolute Gasteiger partial charge is 0.194 e. The average Bonchev–Trinajstić information content (AvgIpc) is 3.39. The number of aromatic nitrogens is 4. The Kier molecular flexibility index (Phi) is 5.09. The zero-order valence-corrected chi connectivity index (χ0v) is 19.6. The fraction of sp³-hybridized carbons (Fsp3) is 0.458. The number of nitriles is 1. The largest absolute Gasteiger partial charge is 0.507 e. The van der Waals surface area contributed by atoms with Gasteiger partial charge in [0.2, 0.25) is 0 Å². The van der Waals surface area contributed by atoms with Gasteiger partial charge in [-0.15, -0.1) is 21.5 Å². The molecule has 33 heavy (non-hydrogen) atoms. The third-order valence-corrected chi connectivity index (χ3v) is 8.32. The van der Waals surface area contributed by atoms with Crippen LogP contribution >= 0.6 is 11.3 Å². The molecule has 2 fully saturated rings. The molecular weight excluding hydrogens is 439 g/mol. The molecule has 170 valence electrons. The summed E-state index contributed by atoms with van der Waals surface area (Å²) in [6.45, 7) is 4.33.